The minimum absolute atomic E-state index is 0.213. The smallest absolute Gasteiger partial charge is 0.341 e. The Morgan fingerprint density at radius 1 is 1.63 bits per heavy atom. The lowest BCUT2D eigenvalue weighted by atomic mass is 9.95. The molecule has 0 bridgehead atoms. The summed E-state index contributed by atoms with van der Waals surface area (Å²) in [6.45, 7) is 4.73. The van der Waals surface area contributed by atoms with Gasteiger partial charge < -0.3 is 15.8 Å². The Balaban J connectivity index is 2.22. The molecule has 1 heterocycles. The molecule has 1 aromatic heterocycles. The fourth-order valence-corrected chi connectivity index (χ4v) is 2.19. The van der Waals surface area contributed by atoms with E-state index in [4.69, 9.17) is 10.5 Å². The van der Waals surface area contributed by atoms with Gasteiger partial charge in [0.25, 0.3) is 0 Å². The summed E-state index contributed by atoms with van der Waals surface area (Å²) >= 11 is 0. The van der Waals surface area contributed by atoms with Gasteiger partial charge in [0.05, 0.1) is 12.1 Å². The lowest BCUT2D eigenvalue weighted by Crippen LogP contribution is -2.45. The summed E-state index contributed by atoms with van der Waals surface area (Å²) in [5.41, 5.74) is 6.12. The van der Waals surface area contributed by atoms with Crippen molar-refractivity contribution in [2.45, 2.75) is 32.2 Å². The van der Waals surface area contributed by atoms with Crippen LogP contribution in [0.25, 0.3) is 0 Å². The van der Waals surface area contributed by atoms with Gasteiger partial charge in [0.1, 0.15) is 11.4 Å². The summed E-state index contributed by atoms with van der Waals surface area (Å²) < 4.78 is 5.04. The molecule has 1 unspecified atom stereocenters. The van der Waals surface area contributed by atoms with Crippen LogP contribution in [0.15, 0.2) is 18.3 Å². The Morgan fingerprint density at radius 3 is 2.95 bits per heavy atom. The first kappa shape index (κ1) is 13.8. The minimum atomic E-state index is -0.353. The molecule has 104 valence electrons. The number of carbonyl (C=O) groups excluding carboxylic acids is 1. The van der Waals surface area contributed by atoms with E-state index in [1.54, 1.807) is 25.3 Å². The van der Waals surface area contributed by atoms with Crippen LogP contribution >= 0.6 is 0 Å². The average molecular weight is 263 g/mol. The zero-order valence-electron chi connectivity index (χ0n) is 11.5. The second-order valence-electron chi connectivity index (χ2n) is 5.14. The van der Waals surface area contributed by atoms with Gasteiger partial charge in [-0.05, 0) is 44.7 Å². The molecule has 1 atom stereocenters. The van der Waals surface area contributed by atoms with Gasteiger partial charge in [-0.15, -0.1) is 0 Å². The molecule has 2 rings (SSSR count). The molecule has 5 nitrogen and oxygen atoms in total. The number of hydrogen-bond donors (Lipinski definition) is 2. The van der Waals surface area contributed by atoms with Gasteiger partial charge in [0.2, 0.25) is 0 Å². The number of ether oxygens (including phenoxy) is 1. The summed E-state index contributed by atoms with van der Waals surface area (Å²) in [6, 6.07) is 3.45. The molecular formula is C14H21N3O2. The van der Waals surface area contributed by atoms with Crippen molar-refractivity contribution in [2.75, 3.05) is 18.5 Å². The topological polar surface area (TPSA) is 77.2 Å². The van der Waals surface area contributed by atoms with Crippen molar-refractivity contribution in [1.29, 1.82) is 0 Å². The second kappa shape index (κ2) is 5.57. The quantitative estimate of drug-likeness (QED) is 0.765. The molecule has 1 fully saturated rings. The highest BCUT2D eigenvalue weighted by molar-refractivity contribution is 5.94. The van der Waals surface area contributed by atoms with Crippen LogP contribution in [-0.4, -0.2) is 29.6 Å². The van der Waals surface area contributed by atoms with Crippen LogP contribution in [0.5, 0.6) is 0 Å². The number of nitrogens with zero attached hydrogens (tertiary/aromatic N) is 1. The van der Waals surface area contributed by atoms with Crippen LogP contribution in [0, 0.1) is 5.92 Å². The van der Waals surface area contributed by atoms with Crippen molar-refractivity contribution >= 4 is 11.8 Å². The molecule has 0 aliphatic heterocycles. The van der Waals surface area contributed by atoms with Crippen molar-refractivity contribution in [3.63, 3.8) is 0 Å². The Bertz CT molecular complexity index is 460. The SMILES string of the molecule is CCOC(=O)c1cccnc1NC(C)(CN)C1CC1. The highest BCUT2D eigenvalue weighted by Crippen LogP contribution is 2.41. The number of rotatable bonds is 6. The highest BCUT2D eigenvalue weighted by Gasteiger charge is 2.41. The zero-order valence-corrected chi connectivity index (χ0v) is 11.5. The van der Waals surface area contributed by atoms with E-state index in [1.807, 2.05) is 0 Å². The highest BCUT2D eigenvalue weighted by atomic mass is 16.5. The Labute approximate surface area is 113 Å². The fourth-order valence-electron chi connectivity index (χ4n) is 2.19. The predicted molar refractivity (Wildman–Crippen MR) is 74.0 cm³/mol. The maximum absolute atomic E-state index is 11.9. The van der Waals surface area contributed by atoms with Crippen LogP contribution in [0.4, 0.5) is 5.82 Å². The zero-order chi connectivity index (χ0) is 13.9. The lowest BCUT2D eigenvalue weighted by molar-refractivity contribution is 0.0527. The standard InChI is InChI=1S/C14H21N3O2/c1-3-19-13(18)11-5-4-8-16-12(11)17-14(2,9-15)10-6-7-10/h4-5,8,10H,3,6-7,9,15H2,1-2H3,(H,16,17). The van der Waals surface area contributed by atoms with Gasteiger partial charge in [-0.1, -0.05) is 0 Å². The molecule has 0 aromatic carbocycles. The molecule has 19 heavy (non-hydrogen) atoms. The van der Waals surface area contributed by atoms with Gasteiger partial charge in [-0.2, -0.15) is 0 Å². The predicted octanol–water partition coefficient (Wildman–Crippen LogP) is 1.80. The van der Waals surface area contributed by atoms with Crippen LogP contribution in [0.3, 0.4) is 0 Å². The summed E-state index contributed by atoms with van der Waals surface area (Å²) in [5.74, 6) is 0.753. The normalized spacial score (nSPS) is 17.6. The molecular weight excluding hydrogens is 242 g/mol. The summed E-state index contributed by atoms with van der Waals surface area (Å²) in [7, 11) is 0. The van der Waals surface area contributed by atoms with Gasteiger partial charge in [-0.3, -0.25) is 0 Å². The number of aromatic nitrogens is 1. The number of anilines is 1. The van der Waals surface area contributed by atoms with Gasteiger partial charge in [-0.25, -0.2) is 9.78 Å². The molecule has 0 amide bonds. The molecule has 1 saturated carbocycles. The first-order valence-electron chi connectivity index (χ1n) is 6.71. The van der Waals surface area contributed by atoms with Crippen molar-refractivity contribution in [2.24, 2.45) is 11.7 Å². The number of carbonyl (C=O) groups is 1. The molecule has 3 N–H and O–H groups in total. The first-order chi connectivity index (χ1) is 9.10. The van der Waals surface area contributed by atoms with Gasteiger partial charge >= 0.3 is 5.97 Å². The van der Waals surface area contributed by atoms with Crippen LogP contribution in [-0.2, 0) is 4.74 Å². The second-order valence-corrected chi connectivity index (χ2v) is 5.14. The molecule has 1 aliphatic rings. The van der Waals surface area contributed by atoms with E-state index < -0.39 is 0 Å². The number of esters is 1. The maximum Gasteiger partial charge on any atom is 0.341 e. The largest absolute Gasteiger partial charge is 0.462 e. The van der Waals surface area contributed by atoms with Crippen LogP contribution < -0.4 is 11.1 Å². The third-order valence-corrected chi connectivity index (χ3v) is 3.61. The molecule has 1 aromatic rings. The first-order valence-corrected chi connectivity index (χ1v) is 6.71. The molecule has 0 saturated heterocycles. The number of nitrogens with one attached hydrogen (secondary N) is 1. The fraction of sp³-hybridized carbons (Fsp3) is 0.571. The van der Waals surface area contributed by atoms with Crippen molar-refractivity contribution in [1.82, 2.24) is 4.98 Å². The minimum Gasteiger partial charge on any atom is -0.462 e. The van der Waals surface area contributed by atoms with E-state index in [2.05, 4.69) is 17.2 Å². The summed E-state index contributed by atoms with van der Waals surface area (Å²) in [5, 5.41) is 3.34. The van der Waals surface area contributed by atoms with Crippen LogP contribution in [0.2, 0.25) is 0 Å². The average Bonchev–Trinajstić information content (AvgIpc) is 3.24. The number of pyridine rings is 1. The van der Waals surface area contributed by atoms with E-state index in [-0.39, 0.29) is 11.5 Å². The van der Waals surface area contributed by atoms with E-state index in [0.717, 1.165) is 0 Å². The van der Waals surface area contributed by atoms with Crippen molar-refractivity contribution < 1.29 is 9.53 Å². The van der Waals surface area contributed by atoms with E-state index in [0.29, 0.717) is 30.5 Å². The van der Waals surface area contributed by atoms with Crippen molar-refractivity contribution in [3.8, 4) is 0 Å². The molecule has 5 heteroatoms. The Hall–Kier alpha value is -1.62. The van der Waals surface area contributed by atoms with Crippen molar-refractivity contribution in [3.05, 3.63) is 23.9 Å². The van der Waals surface area contributed by atoms with Crippen LogP contribution in [0.1, 0.15) is 37.0 Å². The molecule has 1 aliphatic carbocycles. The third kappa shape index (κ3) is 3.04. The van der Waals surface area contributed by atoms with E-state index >= 15 is 0 Å². The number of nitrogens with two attached hydrogens (primary N) is 1. The van der Waals surface area contributed by atoms with Gasteiger partial charge in [0, 0.05) is 12.7 Å². The molecule has 0 spiro atoms. The molecule has 0 radical (unpaired) electrons. The number of hydrogen-bond acceptors (Lipinski definition) is 5. The Kier molecular flexibility index (Phi) is 4.04. The Morgan fingerprint density at radius 2 is 2.37 bits per heavy atom. The monoisotopic (exact) mass is 263 g/mol. The summed E-state index contributed by atoms with van der Waals surface area (Å²) in [4.78, 5) is 16.1. The maximum atomic E-state index is 11.9. The van der Waals surface area contributed by atoms with E-state index in [1.165, 1.54) is 12.8 Å². The lowest BCUT2D eigenvalue weighted by Gasteiger charge is -2.30. The van der Waals surface area contributed by atoms with E-state index in [9.17, 15) is 4.79 Å². The summed E-state index contributed by atoms with van der Waals surface area (Å²) in [6.07, 6.45) is 4.00. The van der Waals surface area contributed by atoms with Gasteiger partial charge in [0.15, 0.2) is 0 Å². The third-order valence-electron chi connectivity index (χ3n) is 3.61.